The van der Waals surface area contributed by atoms with Crippen LogP contribution in [0.25, 0.3) is 0 Å². The number of carbonyl (C=O) groups excluding carboxylic acids is 2. The molecule has 5 heteroatoms. The zero-order chi connectivity index (χ0) is 10.8. The highest BCUT2D eigenvalue weighted by Gasteiger charge is 2.29. The predicted molar refractivity (Wildman–Crippen MR) is 51.5 cm³/mol. The van der Waals surface area contributed by atoms with Crippen molar-refractivity contribution in [2.24, 2.45) is 0 Å². The monoisotopic (exact) mass is 208 g/mol. The van der Waals surface area contributed by atoms with E-state index >= 15 is 0 Å². The lowest BCUT2D eigenvalue weighted by atomic mass is 9.92. The summed E-state index contributed by atoms with van der Waals surface area (Å²) in [5, 5.41) is 4.04. The second-order valence-corrected chi connectivity index (χ2v) is 3.53. The van der Waals surface area contributed by atoms with Crippen LogP contribution >= 0.6 is 0 Å². The highest BCUT2D eigenvalue weighted by atomic mass is 16.5. The topological polar surface area (TPSA) is 61.2 Å². The number of ketones is 1. The van der Waals surface area contributed by atoms with Crippen molar-refractivity contribution >= 4 is 11.8 Å². The summed E-state index contributed by atoms with van der Waals surface area (Å²) in [4.78, 5) is 22.1. The van der Waals surface area contributed by atoms with Crippen molar-refractivity contribution in [3.05, 3.63) is 18.0 Å². The van der Waals surface area contributed by atoms with E-state index in [1.54, 1.807) is 17.8 Å². The van der Waals surface area contributed by atoms with Crippen molar-refractivity contribution in [3.8, 4) is 0 Å². The zero-order valence-electron chi connectivity index (χ0n) is 8.47. The number of ether oxygens (including phenoxy) is 1. The van der Waals surface area contributed by atoms with Crippen molar-refractivity contribution in [2.75, 3.05) is 6.61 Å². The minimum Gasteiger partial charge on any atom is -0.462 e. The maximum absolute atomic E-state index is 11.3. The summed E-state index contributed by atoms with van der Waals surface area (Å²) in [6.07, 6.45) is 4.14. The summed E-state index contributed by atoms with van der Waals surface area (Å²) >= 11 is 0. The van der Waals surface area contributed by atoms with Gasteiger partial charge in [0, 0.05) is 19.0 Å². The molecule has 1 aromatic rings. The highest BCUT2D eigenvalue weighted by molar-refractivity contribution is 5.89. The van der Waals surface area contributed by atoms with Crippen LogP contribution < -0.4 is 0 Å². The molecule has 1 aliphatic carbocycles. The fraction of sp³-hybridized carbons (Fsp3) is 0.500. The van der Waals surface area contributed by atoms with E-state index in [4.69, 9.17) is 4.74 Å². The minimum absolute atomic E-state index is 0.126. The first-order valence-corrected chi connectivity index (χ1v) is 4.93. The minimum atomic E-state index is -0.366. The van der Waals surface area contributed by atoms with Crippen LogP contribution in [0.3, 0.4) is 0 Å². The normalized spacial score (nSPS) is 16.2. The zero-order valence-corrected chi connectivity index (χ0v) is 8.47. The third-order valence-corrected chi connectivity index (χ3v) is 2.41. The highest BCUT2D eigenvalue weighted by Crippen LogP contribution is 2.27. The maximum atomic E-state index is 11.3. The van der Waals surface area contributed by atoms with Crippen LogP contribution in [0.5, 0.6) is 0 Å². The van der Waals surface area contributed by atoms with Gasteiger partial charge in [0.25, 0.3) is 0 Å². The van der Waals surface area contributed by atoms with Gasteiger partial charge in [-0.15, -0.1) is 0 Å². The Kier molecular flexibility index (Phi) is 2.53. The number of rotatable bonds is 3. The van der Waals surface area contributed by atoms with E-state index in [1.807, 2.05) is 0 Å². The molecule has 80 valence electrons. The van der Waals surface area contributed by atoms with E-state index in [0.29, 0.717) is 25.0 Å². The molecule has 15 heavy (non-hydrogen) atoms. The number of Topliss-reactive ketones (excluding diaryl/α,β-unsaturated/α-hetero) is 1. The molecule has 1 fully saturated rings. The van der Waals surface area contributed by atoms with Crippen LogP contribution in [-0.2, 0) is 9.53 Å². The Morgan fingerprint density at radius 2 is 2.40 bits per heavy atom. The van der Waals surface area contributed by atoms with E-state index in [9.17, 15) is 9.59 Å². The summed E-state index contributed by atoms with van der Waals surface area (Å²) in [5.41, 5.74) is 0.441. The Labute approximate surface area is 87.0 Å². The van der Waals surface area contributed by atoms with E-state index in [1.165, 1.54) is 6.20 Å². The lowest BCUT2D eigenvalue weighted by Crippen LogP contribution is -2.26. The quantitative estimate of drug-likeness (QED) is 0.694. The predicted octanol–water partition coefficient (Wildman–Crippen LogP) is 0.964. The average molecular weight is 208 g/mol. The second-order valence-electron chi connectivity index (χ2n) is 3.53. The SMILES string of the molecule is CCOC(=O)c1cnn(C2CC(=O)C2)c1. The lowest BCUT2D eigenvalue weighted by molar-refractivity contribution is -0.126. The molecule has 0 amide bonds. The van der Waals surface area contributed by atoms with Crippen molar-refractivity contribution < 1.29 is 14.3 Å². The van der Waals surface area contributed by atoms with Crippen LogP contribution in [0.2, 0.25) is 0 Å². The first kappa shape index (κ1) is 9.89. The molecular formula is C10H12N2O3. The Balaban J connectivity index is 2.04. The van der Waals surface area contributed by atoms with Crippen molar-refractivity contribution in [2.45, 2.75) is 25.8 Å². The second kappa shape index (κ2) is 3.84. The summed E-state index contributed by atoms with van der Waals surface area (Å²) in [5.74, 6) is -0.123. The van der Waals surface area contributed by atoms with E-state index in [2.05, 4.69) is 5.10 Å². The Bertz CT molecular complexity index is 389. The van der Waals surface area contributed by atoms with Crippen molar-refractivity contribution in [1.29, 1.82) is 0 Å². The lowest BCUT2D eigenvalue weighted by Gasteiger charge is -2.23. The third kappa shape index (κ3) is 1.91. The summed E-state index contributed by atoms with van der Waals surface area (Å²) in [7, 11) is 0. The molecule has 0 aliphatic heterocycles. The Hall–Kier alpha value is -1.65. The number of hydrogen-bond acceptors (Lipinski definition) is 4. The van der Waals surface area contributed by atoms with Crippen molar-refractivity contribution in [1.82, 2.24) is 9.78 Å². The van der Waals surface area contributed by atoms with Gasteiger partial charge >= 0.3 is 5.97 Å². The van der Waals surface area contributed by atoms with Gasteiger partial charge in [-0.05, 0) is 6.92 Å². The first-order chi connectivity index (χ1) is 7.20. The molecule has 1 aliphatic rings. The van der Waals surface area contributed by atoms with Gasteiger partial charge in [0.15, 0.2) is 0 Å². The van der Waals surface area contributed by atoms with Crippen LogP contribution in [0.15, 0.2) is 12.4 Å². The van der Waals surface area contributed by atoms with Gasteiger partial charge < -0.3 is 4.74 Å². The van der Waals surface area contributed by atoms with Crippen molar-refractivity contribution in [3.63, 3.8) is 0 Å². The molecule has 1 aromatic heterocycles. The van der Waals surface area contributed by atoms with E-state index in [-0.39, 0.29) is 17.8 Å². The molecule has 5 nitrogen and oxygen atoms in total. The molecular weight excluding hydrogens is 196 g/mol. The van der Waals surface area contributed by atoms with Gasteiger partial charge in [-0.2, -0.15) is 5.10 Å². The molecule has 2 rings (SSSR count). The molecule has 0 N–H and O–H groups in total. The van der Waals surface area contributed by atoms with Crippen LogP contribution in [0, 0.1) is 0 Å². The summed E-state index contributed by atoms with van der Waals surface area (Å²) < 4.78 is 6.49. The number of nitrogens with zero attached hydrogens (tertiary/aromatic N) is 2. The molecule has 0 aromatic carbocycles. The molecule has 1 saturated carbocycles. The number of hydrogen-bond donors (Lipinski definition) is 0. The van der Waals surface area contributed by atoms with Gasteiger partial charge in [0.2, 0.25) is 0 Å². The van der Waals surface area contributed by atoms with E-state index < -0.39 is 0 Å². The Morgan fingerprint density at radius 3 is 3.00 bits per heavy atom. The van der Waals surface area contributed by atoms with Gasteiger partial charge in [0.1, 0.15) is 5.78 Å². The summed E-state index contributed by atoms with van der Waals surface area (Å²) in [6.45, 7) is 2.11. The first-order valence-electron chi connectivity index (χ1n) is 4.93. The maximum Gasteiger partial charge on any atom is 0.341 e. The number of aromatic nitrogens is 2. The smallest absolute Gasteiger partial charge is 0.341 e. The average Bonchev–Trinajstić information content (AvgIpc) is 2.62. The fourth-order valence-electron chi connectivity index (χ4n) is 1.51. The molecule has 1 heterocycles. The third-order valence-electron chi connectivity index (χ3n) is 2.41. The molecule has 0 radical (unpaired) electrons. The number of carbonyl (C=O) groups is 2. The van der Waals surface area contributed by atoms with E-state index in [0.717, 1.165) is 0 Å². The molecule has 0 saturated heterocycles. The standard InChI is InChI=1S/C10H12N2O3/c1-2-15-10(14)7-5-11-12(6-7)8-3-9(13)4-8/h5-6,8H,2-4H2,1H3. The number of esters is 1. The van der Waals surface area contributed by atoms with Crippen LogP contribution in [-0.4, -0.2) is 28.1 Å². The molecule has 0 unspecified atom stereocenters. The molecule has 0 atom stereocenters. The summed E-state index contributed by atoms with van der Waals surface area (Å²) in [6, 6.07) is 0.126. The van der Waals surface area contributed by atoms with Gasteiger partial charge in [-0.1, -0.05) is 0 Å². The largest absolute Gasteiger partial charge is 0.462 e. The van der Waals surface area contributed by atoms with Gasteiger partial charge in [0.05, 0.1) is 24.4 Å². The fourth-order valence-corrected chi connectivity index (χ4v) is 1.51. The van der Waals surface area contributed by atoms with Gasteiger partial charge in [-0.25, -0.2) is 4.79 Å². The van der Waals surface area contributed by atoms with Crippen LogP contribution in [0.4, 0.5) is 0 Å². The van der Waals surface area contributed by atoms with Gasteiger partial charge in [-0.3, -0.25) is 9.48 Å². The molecule has 0 bridgehead atoms. The molecule has 0 spiro atoms. The van der Waals surface area contributed by atoms with Crippen LogP contribution in [0.1, 0.15) is 36.2 Å². The Morgan fingerprint density at radius 1 is 1.67 bits per heavy atom.